The minimum Gasteiger partial charge on any atom is -0.298 e. The van der Waals surface area contributed by atoms with Crippen molar-refractivity contribution in [3.05, 3.63) is 0 Å². The Morgan fingerprint density at radius 2 is 1.71 bits per heavy atom. The van der Waals surface area contributed by atoms with Gasteiger partial charge >= 0.3 is 0 Å². The number of rotatable bonds is 3. The topological polar surface area (TPSA) is 6.48 Å². The Kier molecular flexibility index (Phi) is 4.09. The first kappa shape index (κ1) is 13.3. The van der Waals surface area contributed by atoms with E-state index >= 15 is 0 Å². The molecule has 0 N–H and O–H groups in total. The Labute approximate surface area is 105 Å². The summed E-state index contributed by atoms with van der Waals surface area (Å²) in [5.41, 5.74) is 0. The summed E-state index contributed by atoms with van der Waals surface area (Å²) in [6, 6.07) is 1.25. The van der Waals surface area contributed by atoms with Crippen molar-refractivity contribution in [3.8, 4) is 0 Å². The SMILES string of the molecule is CC(C)[C@@H]1CCN(C2CN(C(C)C)C2)C[C@H]1F. The summed E-state index contributed by atoms with van der Waals surface area (Å²) in [6.45, 7) is 12.8. The van der Waals surface area contributed by atoms with Crippen LogP contribution in [0.2, 0.25) is 0 Å². The zero-order valence-corrected chi connectivity index (χ0v) is 11.7. The third-order valence-corrected chi connectivity index (χ3v) is 4.62. The van der Waals surface area contributed by atoms with Crippen LogP contribution in [0, 0.1) is 11.8 Å². The van der Waals surface area contributed by atoms with Crippen molar-refractivity contribution >= 4 is 0 Å². The highest BCUT2D eigenvalue weighted by atomic mass is 19.1. The van der Waals surface area contributed by atoms with Crippen molar-refractivity contribution in [1.29, 1.82) is 0 Å². The number of hydrogen-bond donors (Lipinski definition) is 0. The van der Waals surface area contributed by atoms with Gasteiger partial charge in [0.1, 0.15) is 6.17 Å². The Bertz CT molecular complexity index is 249. The molecule has 0 aromatic rings. The summed E-state index contributed by atoms with van der Waals surface area (Å²) in [6.07, 6.45) is 0.425. The van der Waals surface area contributed by atoms with E-state index < -0.39 is 6.17 Å². The van der Waals surface area contributed by atoms with Crippen LogP contribution < -0.4 is 0 Å². The molecule has 2 rings (SSSR count). The minimum atomic E-state index is -0.614. The average Bonchev–Trinajstić information content (AvgIpc) is 2.13. The van der Waals surface area contributed by atoms with Crippen LogP contribution in [-0.2, 0) is 0 Å². The molecule has 0 radical (unpaired) electrons. The lowest BCUT2D eigenvalue weighted by molar-refractivity contribution is -0.0316. The van der Waals surface area contributed by atoms with Crippen LogP contribution >= 0.6 is 0 Å². The van der Waals surface area contributed by atoms with Crippen LogP contribution in [0.1, 0.15) is 34.1 Å². The van der Waals surface area contributed by atoms with E-state index in [1.54, 1.807) is 0 Å². The maximum absolute atomic E-state index is 14.1. The third kappa shape index (κ3) is 2.82. The fourth-order valence-electron chi connectivity index (χ4n) is 3.17. The predicted octanol–water partition coefficient (Wildman–Crippen LogP) is 2.40. The molecule has 17 heavy (non-hydrogen) atoms. The maximum Gasteiger partial charge on any atom is 0.116 e. The summed E-state index contributed by atoms with van der Waals surface area (Å²) >= 11 is 0. The molecule has 0 aromatic carbocycles. The normalized spacial score (nSPS) is 33.4. The second kappa shape index (κ2) is 5.23. The standard InChI is InChI=1S/C14H27FN2/c1-10(2)13-5-6-16(9-14(13)15)12-7-17(8-12)11(3)4/h10-14H,5-9H2,1-4H3/t13-,14+/m0/s1. The van der Waals surface area contributed by atoms with Gasteiger partial charge in [0.15, 0.2) is 0 Å². The Morgan fingerprint density at radius 3 is 2.18 bits per heavy atom. The Balaban J connectivity index is 1.79. The van der Waals surface area contributed by atoms with Crippen molar-refractivity contribution in [2.75, 3.05) is 26.2 Å². The highest BCUT2D eigenvalue weighted by Gasteiger charge is 2.38. The second-order valence-corrected chi connectivity index (χ2v) is 6.41. The zero-order valence-electron chi connectivity index (χ0n) is 11.7. The molecule has 0 bridgehead atoms. The highest BCUT2D eigenvalue weighted by molar-refractivity contribution is 4.93. The second-order valence-electron chi connectivity index (χ2n) is 6.41. The molecule has 0 amide bonds. The van der Waals surface area contributed by atoms with Gasteiger partial charge in [-0.05, 0) is 38.6 Å². The molecule has 100 valence electrons. The molecule has 2 fully saturated rings. The van der Waals surface area contributed by atoms with E-state index in [1.165, 1.54) is 0 Å². The van der Waals surface area contributed by atoms with E-state index in [0.29, 0.717) is 24.5 Å². The number of piperidine rings is 1. The monoisotopic (exact) mass is 242 g/mol. The van der Waals surface area contributed by atoms with E-state index in [2.05, 4.69) is 37.5 Å². The van der Waals surface area contributed by atoms with E-state index in [1.807, 2.05) is 0 Å². The predicted molar refractivity (Wildman–Crippen MR) is 69.9 cm³/mol. The lowest BCUT2D eigenvalue weighted by Gasteiger charge is -2.50. The summed E-state index contributed by atoms with van der Waals surface area (Å²) in [4.78, 5) is 4.84. The van der Waals surface area contributed by atoms with Crippen molar-refractivity contribution in [3.63, 3.8) is 0 Å². The van der Waals surface area contributed by atoms with E-state index in [0.717, 1.165) is 26.1 Å². The van der Waals surface area contributed by atoms with Gasteiger partial charge in [0.25, 0.3) is 0 Å². The molecule has 3 heteroatoms. The van der Waals surface area contributed by atoms with E-state index in [9.17, 15) is 4.39 Å². The van der Waals surface area contributed by atoms with Gasteiger partial charge < -0.3 is 0 Å². The van der Waals surface area contributed by atoms with Gasteiger partial charge in [0, 0.05) is 31.7 Å². The van der Waals surface area contributed by atoms with Crippen LogP contribution in [-0.4, -0.2) is 54.2 Å². The molecule has 2 nitrogen and oxygen atoms in total. The Morgan fingerprint density at radius 1 is 1.06 bits per heavy atom. The van der Waals surface area contributed by atoms with Crippen LogP contribution in [0.25, 0.3) is 0 Å². The minimum absolute atomic E-state index is 0.285. The zero-order chi connectivity index (χ0) is 12.6. The number of likely N-dealkylation sites (tertiary alicyclic amines) is 2. The van der Waals surface area contributed by atoms with Crippen molar-refractivity contribution < 1.29 is 4.39 Å². The highest BCUT2D eigenvalue weighted by Crippen LogP contribution is 2.30. The molecule has 0 unspecified atom stereocenters. The number of hydrogen-bond acceptors (Lipinski definition) is 2. The van der Waals surface area contributed by atoms with Crippen molar-refractivity contribution in [2.45, 2.75) is 52.4 Å². The smallest absolute Gasteiger partial charge is 0.116 e. The van der Waals surface area contributed by atoms with Crippen LogP contribution in [0.5, 0.6) is 0 Å². The fraction of sp³-hybridized carbons (Fsp3) is 1.00. The maximum atomic E-state index is 14.1. The summed E-state index contributed by atoms with van der Waals surface area (Å²) < 4.78 is 14.1. The molecule has 0 spiro atoms. The molecule has 2 atom stereocenters. The largest absolute Gasteiger partial charge is 0.298 e. The molecule has 2 aliphatic rings. The number of halogens is 1. The van der Waals surface area contributed by atoms with Gasteiger partial charge in [-0.15, -0.1) is 0 Å². The van der Waals surface area contributed by atoms with Gasteiger partial charge in [-0.3, -0.25) is 9.80 Å². The van der Waals surface area contributed by atoms with Crippen LogP contribution in [0.4, 0.5) is 4.39 Å². The number of nitrogens with zero attached hydrogens (tertiary/aromatic N) is 2. The first-order valence-corrected chi connectivity index (χ1v) is 7.11. The molecule has 2 saturated heterocycles. The van der Waals surface area contributed by atoms with Crippen LogP contribution in [0.3, 0.4) is 0 Å². The first-order chi connectivity index (χ1) is 7.99. The summed E-state index contributed by atoms with van der Waals surface area (Å²) in [5.74, 6) is 0.772. The average molecular weight is 242 g/mol. The van der Waals surface area contributed by atoms with E-state index in [4.69, 9.17) is 0 Å². The fourth-order valence-corrected chi connectivity index (χ4v) is 3.17. The van der Waals surface area contributed by atoms with Gasteiger partial charge in [-0.25, -0.2) is 4.39 Å². The number of alkyl halides is 1. The van der Waals surface area contributed by atoms with Crippen molar-refractivity contribution in [1.82, 2.24) is 9.80 Å². The first-order valence-electron chi connectivity index (χ1n) is 7.11. The van der Waals surface area contributed by atoms with Gasteiger partial charge in [-0.1, -0.05) is 13.8 Å². The molecule has 2 heterocycles. The molecule has 2 aliphatic heterocycles. The van der Waals surface area contributed by atoms with Crippen LogP contribution in [0.15, 0.2) is 0 Å². The quantitative estimate of drug-likeness (QED) is 0.750. The lowest BCUT2D eigenvalue weighted by Crippen LogP contribution is -2.63. The van der Waals surface area contributed by atoms with Gasteiger partial charge in [-0.2, -0.15) is 0 Å². The summed E-state index contributed by atoms with van der Waals surface area (Å²) in [7, 11) is 0. The van der Waals surface area contributed by atoms with Gasteiger partial charge in [0.05, 0.1) is 0 Å². The molecule has 0 saturated carbocycles. The molecular formula is C14H27FN2. The molecule has 0 aliphatic carbocycles. The Hall–Kier alpha value is -0.150. The third-order valence-electron chi connectivity index (χ3n) is 4.62. The molecular weight excluding hydrogens is 215 g/mol. The lowest BCUT2D eigenvalue weighted by atomic mass is 9.84. The van der Waals surface area contributed by atoms with E-state index in [-0.39, 0.29) is 5.92 Å². The van der Waals surface area contributed by atoms with Gasteiger partial charge in [0.2, 0.25) is 0 Å². The molecule has 0 aromatic heterocycles. The summed E-state index contributed by atoms with van der Waals surface area (Å²) in [5, 5.41) is 0. The van der Waals surface area contributed by atoms with Crippen molar-refractivity contribution in [2.24, 2.45) is 11.8 Å².